The van der Waals surface area contributed by atoms with Crippen molar-refractivity contribution in [3.05, 3.63) is 92.8 Å². The predicted octanol–water partition coefficient (Wildman–Crippen LogP) is 5.40. The number of nitro benzene ring substituents is 1. The Hall–Kier alpha value is -4.99. The summed E-state index contributed by atoms with van der Waals surface area (Å²) in [5.74, 6) is 1.25. The van der Waals surface area contributed by atoms with E-state index in [-0.39, 0.29) is 23.4 Å². The summed E-state index contributed by atoms with van der Waals surface area (Å²) in [5.41, 5.74) is 0.820. The molecule has 3 aromatic carbocycles. The number of aromatic nitrogens is 2. The van der Waals surface area contributed by atoms with E-state index in [4.69, 9.17) is 13.9 Å². The first kappa shape index (κ1) is 23.7. The van der Waals surface area contributed by atoms with Gasteiger partial charge in [0.25, 0.3) is 5.56 Å². The second kappa shape index (κ2) is 9.57. The molecule has 0 unspecified atom stereocenters. The van der Waals surface area contributed by atoms with Gasteiger partial charge >= 0.3 is 5.69 Å². The van der Waals surface area contributed by atoms with Crippen LogP contribution in [-0.4, -0.2) is 34.0 Å². The molecule has 0 aliphatic heterocycles. The first-order valence-electron chi connectivity index (χ1n) is 11.4. The number of hydrogen-bond donors (Lipinski definition) is 0. The molecule has 0 bridgehead atoms. The van der Waals surface area contributed by atoms with Crippen LogP contribution in [0.25, 0.3) is 33.5 Å². The predicted molar refractivity (Wildman–Crippen MR) is 140 cm³/mol. The molecule has 10 heteroatoms. The van der Waals surface area contributed by atoms with Crippen molar-refractivity contribution in [1.29, 1.82) is 0 Å². The maximum absolute atomic E-state index is 13.4. The van der Waals surface area contributed by atoms with E-state index in [2.05, 4.69) is 10.1 Å². The lowest BCUT2D eigenvalue weighted by Crippen LogP contribution is -2.20. The molecule has 10 nitrogen and oxygen atoms in total. The van der Waals surface area contributed by atoms with Crippen molar-refractivity contribution in [2.45, 2.75) is 20.0 Å². The molecule has 0 atom stereocenters. The molecule has 0 aliphatic carbocycles. The van der Waals surface area contributed by atoms with Crippen LogP contribution in [0.3, 0.4) is 0 Å². The lowest BCUT2D eigenvalue weighted by molar-refractivity contribution is -0.386. The summed E-state index contributed by atoms with van der Waals surface area (Å²) in [6.45, 7) is 3.57. The first-order chi connectivity index (χ1) is 17.9. The van der Waals surface area contributed by atoms with Gasteiger partial charge < -0.3 is 13.9 Å². The minimum Gasteiger partial charge on any atom is -0.496 e. The third-order valence-corrected chi connectivity index (χ3v) is 5.58. The number of ether oxygens (including phenoxy) is 2. The van der Waals surface area contributed by atoms with E-state index in [1.807, 2.05) is 0 Å². The smallest absolute Gasteiger partial charge is 0.311 e. The van der Waals surface area contributed by atoms with Crippen molar-refractivity contribution < 1.29 is 18.8 Å². The van der Waals surface area contributed by atoms with Crippen molar-refractivity contribution in [3.63, 3.8) is 0 Å². The summed E-state index contributed by atoms with van der Waals surface area (Å²) in [5, 5.41) is 17.0. The summed E-state index contributed by atoms with van der Waals surface area (Å²) in [4.78, 5) is 29.2. The number of nitrogens with zero attached hydrogens (tertiary/aromatic N) is 4. The number of para-hydroxylation sites is 1. The third-order valence-electron chi connectivity index (χ3n) is 5.58. The third kappa shape index (κ3) is 4.52. The number of hydrogen-bond acceptors (Lipinski definition) is 8. The number of fused-ring (bicyclic) bond motifs is 2. The molecule has 0 saturated carbocycles. The summed E-state index contributed by atoms with van der Waals surface area (Å²) in [7, 11) is 1.56. The highest BCUT2D eigenvalue weighted by Gasteiger charge is 2.19. The summed E-state index contributed by atoms with van der Waals surface area (Å²) >= 11 is 0. The monoisotopic (exact) mass is 498 g/mol. The molecule has 0 amide bonds. The van der Waals surface area contributed by atoms with Crippen LogP contribution in [0.1, 0.15) is 19.4 Å². The standard InChI is InChI=1S/C27H22N4O6/c1-16(2)36-24-12-11-17(13-21(24)31(33)34)15-28-30-26(29-20-8-5-4-7-18(20)27(30)32)25-14-19-22(35-3)9-6-10-23(19)37-25/h4-16H,1-3H3. The van der Waals surface area contributed by atoms with Gasteiger partial charge in [-0.05, 0) is 56.3 Å². The van der Waals surface area contributed by atoms with E-state index in [0.29, 0.717) is 38.9 Å². The van der Waals surface area contributed by atoms with Crippen molar-refractivity contribution in [2.24, 2.45) is 5.10 Å². The Kier molecular flexibility index (Phi) is 6.14. The lowest BCUT2D eigenvalue weighted by atomic mass is 10.2. The van der Waals surface area contributed by atoms with E-state index < -0.39 is 10.5 Å². The van der Waals surface area contributed by atoms with Gasteiger partial charge in [0, 0.05) is 11.6 Å². The normalized spacial score (nSPS) is 11.6. The molecular weight excluding hydrogens is 476 g/mol. The fourth-order valence-corrected chi connectivity index (χ4v) is 3.95. The highest BCUT2D eigenvalue weighted by molar-refractivity contribution is 5.88. The van der Waals surface area contributed by atoms with Crippen molar-refractivity contribution in [1.82, 2.24) is 9.66 Å². The van der Waals surface area contributed by atoms with Gasteiger partial charge in [-0.25, -0.2) is 4.98 Å². The largest absolute Gasteiger partial charge is 0.496 e. The van der Waals surface area contributed by atoms with E-state index in [0.717, 1.165) is 4.68 Å². The molecule has 37 heavy (non-hydrogen) atoms. The van der Waals surface area contributed by atoms with Gasteiger partial charge in [0.15, 0.2) is 11.5 Å². The average Bonchev–Trinajstić information content (AvgIpc) is 3.32. The topological polar surface area (TPSA) is 122 Å². The maximum Gasteiger partial charge on any atom is 0.311 e. The number of rotatable bonds is 7. The summed E-state index contributed by atoms with van der Waals surface area (Å²) in [6, 6.07) is 18.5. The Bertz CT molecular complexity index is 1730. The molecule has 5 rings (SSSR count). The zero-order chi connectivity index (χ0) is 26.1. The fourth-order valence-electron chi connectivity index (χ4n) is 3.95. The quantitative estimate of drug-likeness (QED) is 0.167. The first-order valence-corrected chi connectivity index (χ1v) is 11.4. The van der Waals surface area contributed by atoms with Crippen LogP contribution in [-0.2, 0) is 0 Å². The molecule has 5 aromatic rings. The second-order valence-electron chi connectivity index (χ2n) is 8.45. The lowest BCUT2D eigenvalue weighted by Gasteiger charge is -2.10. The number of nitro groups is 1. The van der Waals surface area contributed by atoms with Gasteiger partial charge in [-0.15, -0.1) is 0 Å². The van der Waals surface area contributed by atoms with Crippen LogP contribution < -0.4 is 15.0 Å². The minimum atomic E-state index is -0.522. The molecule has 0 radical (unpaired) electrons. The van der Waals surface area contributed by atoms with Crippen molar-refractivity contribution in [2.75, 3.05) is 7.11 Å². The zero-order valence-electron chi connectivity index (χ0n) is 20.2. The SMILES string of the molecule is COc1cccc2oc(-c3nc4ccccc4c(=O)n3N=Cc3ccc(OC(C)C)c([N+](=O)[O-])c3)cc12. The molecule has 186 valence electrons. The van der Waals surface area contributed by atoms with E-state index in [9.17, 15) is 14.9 Å². The maximum atomic E-state index is 13.4. The highest BCUT2D eigenvalue weighted by Crippen LogP contribution is 2.33. The van der Waals surface area contributed by atoms with Crippen LogP contribution in [0.15, 0.2) is 81.0 Å². The van der Waals surface area contributed by atoms with Crippen LogP contribution in [0.4, 0.5) is 5.69 Å². The van der Waals surface area contributed by atoms with Gasteiger partial charge in [0.05, 0.1) is 40.6 Å². The molecule has 0 N–H and O–H groups in total. The van der Waals surface area contributed by atoms with E-state index in [1.165, 1.54) is 18.3 Å². The number of furan rings is 1. The average molecular weight is 498 g/mol. The number of methoxy groups -OCH3 is 1. The Morgan fingerprint density at radius 1 is 1.05 bits per heavy atom. The van der Waals surface area contributed by atoms with Crippen LogP contribution in [0.2, 0.25) is 0 Å². The van der Waals surface area contributed by atoms with Crippen LogP contribution in [0.5, 0.6) is 11.5 Å². The van der Waals surface area contributed by atoms with Gasteiger partial charge in [-0.2, -0.15) is 9.78 Å². The highest BCUT2D eigenvalue weighted by atomic mass is 16.6. The van der Waals surface area contributed by atoms with E-state index in [1.54, 1.807) is 75.6 Å². The molecule has 0 saturated heterocycles. The second-order valence-corrected chi connectivity index (χ2v) is 8.45. The number of benzene rings is 3. The minimum absolute atomic E-state index is 0.151. The van der Waals surface area contributed by atoms with Crippen LogP contribution >= 0.6 is 0 Å². The molecule has 0 spiro atoms. The van der Waals surface area contributed by atoms with Crippen molar-refractivity contribution in [3.8, 4) is 23.1 Å². The van der Waals surface area contributed by atoms with Crippen molar-refractivity contribution >= 4 is 33.8 Å². The van der Waals surface area contributed by atoms with Gasteiger partial charge in [-0.1, -0.05) is 18.2 Å². The summed E-state index contributed by atoms with van der Waals surface area (Å²) in [6.07, 6.45) is 1.13. The Morgan fingerprint density at radius 2 is 1.86 bits per heavy atom. The Morgan fingerprint density at radius 3 is 2.62 bits per heavy atom. The van der Waals surface area contributed by atoms with E-state index >= 15 is 0 Å². The Labute approximate surface area is 210 Å². The zero-order valence-corrected chi connectivity index (χ0v) is 20.2. The molecule has 0 aliphatic rings. The van der Waals surface area contributed by atoms with Gasteiger partial charge in [0.2, 0.25) is 5.82 Å². The van der Waals surface area contributed by atoms with Gasteiger partial charge in [0.1, 0.15) is 11.3 Å². The molecule has 0 fully saturated rings. The fraction of sp³-hybridized carbons (Fsp3) is 0.148. The Balaban J connectivity index is 1.67. The van der Waals surface area contributed by atoms with Gasteiger partial charge in [-0.3, -0.25) is 14.9 Å². The summed E-state index contributed by atoms with van der Waals surface area (Å²) < 4.78 is 18.1. The molecular formula is C27H22N4O6. The van der Waals surface area contributed by atoms with Crippen LogP contribution in [0, 0.1) is 10.1 Å². The molecule has 2 aromatic heterocycles. The molecule has 2 heterocycles.